The summed E-state index contributed by atoms with van der Waals surface area (Å²) in [5.41, 5.74) is 3.57. The second-order valence-corrected chi connectivity index (χ2v) is 10.9. The van der Waals surface area contributed by atoms with E-state index in [0.717, 1.165) is 47.8 Å². The van der Waals surface area contributed by atoms with Crippen molar-refractivity contribution in [2.45, 2.75) is 95.0 Å². The van der Waals surface area contributed by atoms with Crippen LogP contribution in [0.5, 0.6) is 5.75 Å². The van der Waals surface area contributed by atoms with Crippen molar-refractivity contribution >= 4 is 10.9 Å². The fourth-order valence-corrected chi connectivity index (χ4v) is 6.46. The lowest BCUT2D eigenvalue weighted by Crippen LogP contribution is -2.32. The van der Waals surface area contributed by atoms with Gasteiger partial charge in [-0.3, -0.25) is 0 Å². The van der Waals surface area contributed by atoms with E-state index in [1.807, 2.05) is 24.3 Å². The summed E-state index contributed by atoms with van der Waals surface area (Å²) in [5, 5.41) is 14.4. The van der Waals surface area contributed by atoms with Crippen molar-refractivity contribution in [1.82, 2.24) is 9.88 Å². The Morgan fingerprint density at radius 3 is 2.42 bits per heavy atom. The van der Waals surface area contributed by atoms with Gasteiger partial charge < -0.3 is 14.6 Å². The van der Waals surface area contributed by atoms with E-state index in [9.17, 15) is 18.4 Å². The molecule has 2 fully saturated rings. The summed E-state index contributed by atoms with van der Waals surface area (Å²) in [6.45, 7) is 0.784. The average molecular weight is 524 g/mol. The Balaban J connectivity index is 1.53. The second-order valence-electron chi connectivity index (χ2n) is 10.9. The first-order valence-electron chi connectivity index (χ1n) is 14.0. The third-order valence-electron chi connectivity index (χ3n) is 8.30. The van der Waals surface area contributed by atoms with Crippen molar-refractivity contribution in [3.8, 4) is 11.8 Å². The smallest absolute Gasteiger partial charge is 0.406 e. The van der Waals surface area contributed by atoms with Crippen LogP contribution in [0.4, 0.5) is 13.2 Å². The van der Waals surface area contributed by atoms with Gasteiger partial charge in [-0.25, -0.2) is 0 Å². The van der Waals surface area contributed by atoms with Crippen LogP contribution in [-0.4, -0.2) is 23.5 Å². The molecule has 1 atom stereocenters. The molecule has 2 saturated carbocycles. The molecule has 1 unspecified atom stereocenters. The minimum atomic E-state index is -4.73. The number of ether oxygens (including phenoxy) is 1. The number of fused-ring (bicyclic) bond motifs is 1. The van der Waals surface area contributed by atoms with Crippen molar-refractivity contribution < 1.29 is 17.9 Å². The standard InChI is InChI=1S/C31H36F3N3O/c32-31(33,34)38-26-13-7-8-23(19-26)27(16-17-36-24-9-3-1-4-10-24)29-21-37(25-11-5-2-6-12-25)30-18-22(20-35)14-15-28(29)30/h7-8,13-15,18-19,21,24-25,27,36H,1-6,9-12,16-17H2. The number of alkyl halides is 3. The molecule has 0 spiro atoms. The summed E-state index contributed by atoms with van der Waals surface area (Å²) in [7, 11) is 0. The number of nitrogens with one attached hydrogen (secondary N) is 1. The molecular weight excluding hydrogens is 487 g/mol. The molecule has 7 heteroatoms. The largest absolute Gasteiger partial charge is 0.573 e. The van der Waals surface area contributed by atoms with E-state index in [-0.39, 0.29) is 11.7 Å². The van der Waals surface area contributed by atoms with Gasteiger partial charge in [0.1, 0.15) is 5.75 Å². The van der Waals surface area contributed by atoms with Gasteiger partial charge in [-0.1, -0.05) is 56.7 Å². The number of hydrogen-bond donors (Lipinski definition) is 1. The van der Waals surface area contributed by atoms with Crippen molar-refractivity contribution in [3.05, 3.63) is 65.4 Å². The van der Waals surface area contributed by atoms with Crippen LogP contribution in [0.15, 0.2) is 48.7 Å². The Bertz CT molecular complexity index is 1260. The monoisotopic (exact) mass is 523 g/mol. The molecule has 5 rings (SSSR count). The number of nitriles is 1. The van der Waals surface area contributed by atoms with E-state index in [4.69, 9.17) is 0 Å². The van der Waals surface area contributed by atoms with Crippen LogP contribution in [0.3, 0.4) is 0 Å². The molecular formula is C31H36F3N3O. The number of halogens is 3. The third-order valence-corrected chi connectivity index (χ3v) is 8.30. The highest BCUT2D eigenvalue weighted by Gasteiger charge is 2.32. The third kappa shape index (κ3) is 6.35. The summed E-state index contributed by atoms with van der Waals surface area (Å²) >= 11 is 0. The number of aromatic nitrogens is 1. The van der Waals surface area contributed by atoms with E-state index < -0.39 is 6.36 Å². The number of hydrogen-bond acceptors (Lipinski definition) is 3. The summed E-state index contributed by atoms with van der Waals surface area (Å²) in [5.74, 6) is -0.300. The highest BCUT2D eigenvalue weighted by Crippen LogP contribution is 2.40. The molecule has 1 heterocycles. The quantitative estimate of drug-likeness (QED) is 0.323. The van der Waals surface area contributed by atoms with Crippen LogP contribution in [0.1, 0.15) is 99.3 Å². The van der Waals surface area contributed by atoms with Gasteiger partial charge in [0.15, 0.2) is 0 Å². The van der Waals surface area contributed by atoms with Gasteiger partial charge in [0, 0.05) is 35.1 Å². The molecule has 0 radical (unpaired) electrons. The number of benzene rings is 2. The van der Waals surface area contributed by atoms with Crippen LogP contribution in [-0.2, 0) is 0 Å². The minimum absolute atomic E-state index is 0.108. The molecule has 0 bridgehead atoms. The van der Waals surface area contributed by atoms with Gasteiger partial charge in [0.25, 0.3) is 0 Å². The van der Waals surface area contributed by atoms with Gasteiger partial charge in [0.2, 0.25) is 0 Å². The first kappa shape index (κ1) is 26.6. The zero-order valence-electron chi connectivity index (χ0n) is 21.8. The van der Waals surface area contributed by atoms with Crippen LogP contribution in [0.2, 0.25) is 0 Å². The number of nitrogens with zero attached hydrogens (tertiary/aromatic N) is 2. The molecule has 202 valence electrons. The Morgan fingerprint density at radius 1 is 0.974 bits per heavy atom. The SMILES string of the molecule is N#Cc1ccc2c(C(CCNC3CCCCC3)c3cccc(OC(F)(F)F)c3)cn(C3CCCCC3)c2c1. The summed E-state index contributed by atoms with van der Waals surface area (Å²) in [6.07, 6.45) is 10.2. The van der Waals surface area contributed by atoms with Gasteiger partial charge >= 0.3 is 6.36 Å². The van der Waals surface area contributed by atoms with Crippen LogP contribution in [0.25, 0.3) is 10.9 Å². The molecule has 2 aromatic carbocycles. The second kappa shape index (κ2) is 11.8. The zero-order chi connectivity index (χ0) is 26.5. The fraction of sp³-hybridized carbons (Fsp3) is 0.516. The van der Waals surface area contributed by atoms with E-state index >= 15 is 0 Å². The van der Waals surface area contributed by atoms with Crippen molar-refractivity contribution in [2.24, 2.45) is 0 Å². The lowest BCUT2D eigenvalue weighted by atomic mass is 9.87. The summed E-state index contributed by atoms with van der Waals surface area (Å²) in [6, 6.07) is 15.4. The lowest BCUT2D eigenvalue weighted by Gasteiger charge is -2.25. The molecule has 4 nitrogen and oxygen atoms in total. The first-order chi connectivity index (χ1) is 18.4. The van der Waals surface area contributed by atoms with Crippen molar-refractivity contribution in [2.75, 3.05) is 6.54 Å². The molecule has 0 aliphatic heterocycles. The van der Waals surface area contributed by atoms with Gasteiger partial charge in [-0.05, 0) is 74.0 Å². The van der Waals surface area contributed by atoms with E-state index in [2.05, 4.69) is 26.9 Å². The normalized spacial score (nSPS) is 18.4. The molecule has 0 saturated heterocycles. The Hall–Kier alpha value is -2.98. The number of rotatable bonds is 8. The Morgan fingerprint density at radius 2 is 1.71 bits per heavy atom. The molecule has 1 N–H and O–H groups in total. The summed E-state index contributed by atoms with van der Waals surface area (Å²) < 4.78 is 45.7. The van der Waals surface area contributed by atoms with E-state index in [1.165, 1.54) is 63.5 Å². The van der Waals surface area contributed by atoms with Gasteiger partial charge in [0.05, 0.1) is 11.6 Å². The zero-order valence-corrected chi connectivity index (χ0v) is 21.8. The molecule has 38 heavy (non-hydrogen) atoms. The van der Waals surface area contributed by atoms with Gasteiger partial charge in [-0.2, -0.15) is 5.26 Å². The average Bonchev–Trinajstić information content (AvgIpc) is 3.30. The lowest BCUT2D eigenvalue weighted by molar-refractivity contribution is -0.274. The summed E-state index contributed by atoms with van der Waals surface area (Å²) in [4.78, 5) is 0. The molecule has 2 aliphatic carbocycles. The highest BCUT2D eigenvalue weighted by molar-refractivity contribution is 5.86. The topological polar surface area (TPSA) is 50.0 Å². The van der Waals surface area contributed by atoms with Crippen molar-refractivity contribution in [3.63, 3.8) is 0 Å². The maximum Gasteiger partial charge on any atom is 0.573 e. The molecule has 3 aromatic rings. The predicted molar refractivity (Wildman–Crippen MR) is 143 cm³/mol. The van der Waals surface area contributed by atoms with Crippen LogP contribution in [0, 0.1) is 11.3 Å². The minimum Gasteiger partial charge on any atom is -0.406 e. The highest BCUT2D eigenvalue weighted by atomic mass is 19.4. The molecule has 2 aliphatic rings. The van der Waals surface area contributed by atoms with Crippen molar-refractivity contribution in [1.29, 1.82) is 5.26 Å². The van der Waals surface area contributed by atoms with Gasteiger partial charge in [-0.15, -0.1) is 13.2 Å². The Labute approximate surface area is 222 Å². The predicted octanol–water partition coefficient (Wildman–Crippen LogP) is 8.36. The van der Waals surface area contributed by atoms with E-state index in [1.54, 1.807) is 6.07 Å². The maximum atomic E-state index is 13.0. The molecule has 0 amide bonds. The van der Waals surface area contributed by atoms with E-state index in [0.29, 0.717) is 17.6 Å². The first-order valence-corrected chi connectivity index (χ1v) is 14.0. The fourth-order valence-electron chi connectivity index (χ4n) is 6.46. The van der Waals surface area contributed by atoms with Crippen LogP contribution < -0.4 is 10.1 Å². The molecule has 1 aromatic heterocycles. The maximum absolute atomic E-state index is 13.0. The Kier molecular flexibility index (Phi) is 8.28. The van der Waals surface area contributed by atoms with Crippen LogP contribution >= 0.6 is 0 Å².